The summed E-state index contributed by atoms with van der Waals surface area (Å²) in [6.45, 7) is 7.08. The van der Waals surface area contributed by atoms with Crippen LogP contribution in [0.2, 0.25) is 0 Å². The van der Waals surface area contributed by atoms with Gasteiger partial charge in [0.05, 0.1) is 0 Å². The Bertz CT molecular complexity index is 341. The average Bonchev–Trinajstić information content (AvgIpc) is 2.46. The van der Waals surface area contributed by atoms with Crippen LogP contribution < -0.4 is 16.0 Å². The van der Waals surface area contributed by atoms with E-state index < -0.39 is 0 Å². The molecule has 1 fully saturated rings. The van der Waals surface area contributed by atoms with Gasteiger partial charge in [-0.05, 0) is 25.7 Å². The van der Waals surface area contributed by atoms with Crippen LogP contribution in [0.3, 0.4) is 0 Å². The van der Waals surface area contributed by atoms with Crippen LogP contribution in [0.25, 0.3) is 0 Å². The number of guanidine groups is 1. The van der Waals surface area contributed by atoms with Gasteiger partial charge in [-0.15, -0.1) is 24.0 Å². The number of halogens is 1. The minimum Gasteiger partial charge on any atom is -0.356 e. The number of rotatable bonds is 6. The van der Waals surface area contributed by atoms with Gasteiger partial charge in [0, 0.05) is 32.1 Å². The number of nitrogens with zero attached hydrogens (tertiary/aromatic N) is 1. The molecule has 3 N–H and O–H groups in total. The third-order valence-corrected chi connectivity index (χ3v) is 4.20. The van der Waals surface area contributed by atoms with Gasteiger partial charge in [0.2, 0.25) is 5.91 Å². The lowest BCUT2D eigenvalue weighted by molar-refractivity contribution is -0.121. The Morgan fingerprint density at radius 2 is 1.82 bits per heavy atom. The minimum atomic E-state index is 0. The monoisotopic (exact) mass is 424 g/mol. The number of aliphatic imine (C=N–C) groups is 1. The molecule has 1 aliphatic carbocycles. The molecular weight excluding hydrogens is 391 g/mol. The number of amides is 1. The second-order valence-electron chi connectivity index (χ2n) is 6.33. The Labute approximate surface area is 152 Å². The Morgan fingerprint density at radius 1 is 1.18 bits per heavy atom. The average molecular weight is 424 g/mol. The molecule has 0 aromatic rings. The van der Waals surface area contributed by atoms with Crippen LogP contribution in [0.15, 0.2) is 4.99 Å². The standard InChI is InChI=1S/C16H32N4O.HI/c1-12(2)13(3)19-16(17-4)18-11-10-15(21)20-14-8-6-5-7-9-14;/h12-14H,5-11H2,1-4H3,(H,20,21)(H2,17,18,19);1H. The van der Waals surface area contributed by atoms with Crippen molar-refractivity contribution in [2.45, 2.75) is 71.4 Å². The van der Waals surface area contributed by atoms with Crippen LogP contribution in [0.1, 0.15) is 59.3 Å². The van der Waals surface area contributed by atoms with Crippen LogP contribution in [0, 0.1) is 5.92 Å². The topological polar surface area (TPSA) is 65.5 Å². The van der Waals surface area contributed by atoms with Gasteiger partial charge >= 0.3 is 0 Å². The van der Waals surface area contributed by atoms with E-state index in [9.17, 15) is 4.79 Å². The van der Waals surface area contributed by atoms with Crippen LogP contribution >= 0.6 is 24.0 Å². The molecule has 0 aromatic heterocycles. The highest BCUT2D eigenvalue weighted by Gasteiger charge is 2.15. The van der Waals surface area contributed by atoms with E-state index in [1.54, 1.807) is 7.05 Å². The van der Waals surface area contributed by atoms with Gasteiger partial charge in [0.25, 0.3) is 0 Å². The van der Waals surface area contributed by atoms with E-state index in [1.165, 1.54) is 19.3 Å². The molecule has 5 nitrogen and oxygen atoms in total. The lowest BCUT2D eigenvalue weighted by atomic mass is 9.95. The van der Waals surface area contributed by atoms with Crippen molar-refractivity contribution >= 4 is 35.8 Å². The lowest BCUT2D eigenvalue weighted by Crippen LogP contribution is -2.45. The molecular formula is C16H33IN4O. The lowest BCUT2D eigenvalue weighted by Gasteiger charge is -2.23. The smallest absolute Gasteiger partial charge is 0.221 e. The Kier molecular flexibility index (Phi) is 11.7. The summed E-state index contributed by atoms with van der Waals surface area (Å²) in [7, 11) is 1.75. The Morgan fingerprint density at radius 3 is 2.36 bits per heavy atom. The fourth-order valence-electron chi connectivity index (χ4n) is 2.42. The van der Waals surface area contributed by atoms with Crippen LogP contribution in [0.4, 0.5) is 0 Å². The third-order valence-electron chi connectivity index (χ3n) is 4.20. The summed E-state index contributed by atoms with van der Waals surface area (Å²) < 4.78 is 0. The van der Waals surface area contributed by atoms with Gasteiger partial charge in [-0.25, -0.2) is 0 Å². The molecule has 1 aliphatic rings. The van der Waals surface area contributed by atoms with E-state index in [2.05, 4.69) is 41.7 Å². The molecule has 0 aliphatic heterocycles. The minimum absolute atomic E-state index is 0. The van der Waals surface area contributed by atoms with Crippen molar-refractivity contribution in [2.24, 2.45) is 10.9 Å². The zero-order valence-electron chi connectivity index (χ0n) is 14.4. The van der Waals surface area contributed by atoms with Crippen molar-refractivity contribution < 1.29 is 4.79 Å². The van der Waals surface area contributed by atoms with Gasteiger partial charge in [-0.1, -0.05) is 33.1 Å². The normalized spacial score (nSPS) is 17.6. The molecule has 22 heavy (non-hydrogen) atoms. The van der Waals surface area contributed by atoms with Crippen molar-refractivity contribution in [1.29, 1.82) is 0 Å². The summed E-state index contributed by atoms with van der Waals surface area (Å²) in [5.74, 6) is 1.45. The maximum atomic E-state index is 11.9. The molecule has 1 saturated carbocycles. The molecule has 6 heteroatoms. The zero-order valence-corrected chi connectivity index (χ0v) is 16.8. The zero-order chi connectivity index (χ0) is 15.7. The summed E-state index contributed by atoms with van der Waals surface area (Å²) in [5, 5.41) is 9.66. The molecule has 0 bridgehead atoms. The van der Waals surface area contributed by atoms with E-state index in [-0.39, 0.29) is 29.9 Å². The summed E-state index contributed by atoms with van der Waals surface area (Å²) in [5.41, 5.74) is 0. The first-order chi connectivity index (χ1) is 10.0. The Balaban J connectivity index is 0.00000441. The maximum Gasteiger partial charge on any atom is 0.221 e. The van der Waals surface area contributed by atoms with Crippen molar-refractivity contribution in [3.63, 3.8) is 0 Å². The van der Waals surface area contributed by atoms with E-state index in [4.69, 9.17) is 0 Å². The number of hydrogen-bond acceptors (Lipinski definition) is 2. The van der Waals surface area contributed by atoms with Crippen molar-refractivity contribution in [2.75, 3.05) is 13.6 Å². The third kappa shape index (κ3) is 8.80. The van der Waals surface area contributed by atoms with Gasteiger partial charge in [-0.3, -0.25) is 9.79 Å². The van der Waals surface area contributed by atoms with E-state index in [0.29, 0.717) is 31.0 Å². The van der Waals surface area contributed by atoms with Crippen LogP contribution in [-0.4, -0.2) is 37.5 Å². The highest BCUT2D eigenvalue weighted by atomic mass is 127. The van der Waals surface area contributed by atoms with E-state index in [0.717, 1.165) is 18.8 Å². The first-order valence-corrected chi connectivity index (χ1v) is 8.29. The summed E-state index contributed by atoms with van der Waals surface area (Å²) in [4.78, 5) is 16.1. The molecule has 0 heterocycles. The quantitative estimate of drug-likeness (QED) is 0.349. The highest BCUT2D eigenvalue weighted by Crippen LogP contribution is 2.17. The van der Waals surface area contributed by atoms with Crippen LogP contribution in [-0.2, 0) is 4.79 Å². The van der Waals surface area contributed by atoms with Crippen molar-refractivity contribution in [3.8, 4) is 0 Å². The molecule has 0 spiro atoms. The van der Waals surface area contributed by atoms with E-state index in [1.807, 2.05) is 0 Å². The maximum absolute atomic E-state index is 11.9. The predicted molar refractivity (Wildman–Crippen MR) is 104 cm³/mol. The van der Waals surface area contributed by atoms with Crippen molar-refractivity contribution in [3.05, 3.63) is 0 Å². The first kappa shape index (κ1) is 21.5. The second-order valence-corrected chi connectivity index (χ2v) is 6.33. The van der Waals surface area contributed by atoms with Gasteiger partial charge in [0.15, 0.2) is 5.96 Å². The summed E-state index contributed by atoms with van der Waals surface area (Å²) >= 11 is 0. The van der Waals surface area contributed by atoms with Crippen LogP contribution in [0.5, 0.6) is 0 Å². The van der Waals surface area contributed by atoms with E-state index >= 15 is 0 Å². The van der Waals surface area contributed by atoms with Crippen molar-refractivity contribution in [1.82, 2.24) is 16.0 Å². The summed E-state index contributed by atoms with van der Waals surface area (Å²) in [6, 6.07) is 0.747. The Hall–Kier alpha value is -0.530. The fourth-order valence-corrected chi connectivity index (χ4v) is 2.42. The predicted octanol–water partition coefficient (Wildman–Crippen LogP) is 2.65. The summed E-state index contributed by atoms with van der Waals surface area (Å²) in [6.07, 6.45) is 6.56. The SMILES string of the molecule is CN=C(NCCC(=O)NC1CCCCC1)NC(C)C(C)C.I. The molecule has 1 unspecified atom stereocenters. The highest BCUT2D eigenvalue weighted by molar-refractivity contribution is 14.0. The van der Waals surface area contributed by atoms with Gasteiger partial charge in [-0.2, -0.15) is 0 Å². The van der Waals surface area contributed by atoms with Gasteiger partial charge < -0.3 is 16.0 Å². The number of nitrogens with one attached hydrogen (secondary N) is 3. The number of carbonyl (C=O) groups excluding carboxylic acids is 1. The first-order valence-electron chi connectivity index (χ1n) is 8.29. The number of carbonyl (C=O) groups is 1. The second kappa shape index (κ2) is 12.0. The molecule has 1 amide bonds. The van der Waals surface area contributed by atoms with Gasteiger partial charge in [0.1, 0.15) is 0 Å². The molecule has 0 radical (unpaired) electrons. The molecule has 130 valence electrons. The molecule has 0 aromatic carbocycles. The fraction of sp³-hybridized carbons (Fsp3) is 0.875. The molecule has 1 atom stereocenters. The number of hydrogen-bond donors (Lipinski definition) is 3. The largest absolute Gasteiger partial charge is 0.356 e. The molecule has 0 saturated heterocycles. The molecule has 1 rings (SSSR count).